The molecule has 0 aliphatic carbocycles. The number of benzene rings is 1. The molecule has 2 aromatic rings. The van der Waals surface area contributed by atoms with E-state index in [1.165, 1.54) is 18.2 Å². The van der Waals surface area contributed by atoms with Gasteiger partial charge in [0.1, 0.15) is 5.82 Å². The Kier molecular flexibility index (Phi) is 5.27. The Labute approximate surface area is 136 Å². The first-order chi connectivity index (χ1) is 10.9. The molecule has 4 heteroatoms. The number of hydrogen-bond acceptors (Lipinski definition) is 2. The first-order valence-electron chi connectivity index (χ1n) is 7.51. The van der Waals surface area contributed by atoms with Gasteiger partial charge in [0.05, 0.1) is 12.2 Å². The van der Waals surface area contributed by atoms with E-state index in [2.05, 4.69) is 4.98 Å². The summed E-state index contributed by atoms with van der Waals surface area (Å²) in [7, 11) is 0. The maximum absolute atomic E-state index is 13.2. The average molecular weight is 312 g/mol. The van der Waals surface area contributed by atoms with Crippen LogP contribution in [-0.4, -0.2) is 21.3 Å². The molecule has 23 heavy (non-hydrogen) atoms. The van der Waals surface area contributed by atoms with Gasteiger partial charge in [0, 0.05) is 17.8 Å². The van der Waals surface area contributed by atoms with Crippen LogP contribution in [0.25, 0.3) is 6.08 Å². The molecule has 1 aromatic carbocycles. The molecule has 0 saturated carbocycles. The highest BCUT2D eigenvalue weighted by Gasteiger charge is 2.25. The summed E-state index contributed by atoms with van der Waals surface area (Å²) in [6.07, 6.45) is 4.81. The van der Waals surface area contributed by atoms with Crippen LogP contribution in [0.2, 0.25) is 0 Å². The maximum Gasteiger partial charge on any atom is 0.247 e. The summed E-state index contributed by atoms with van der Waals surface area (Å²) >= 11 is 0. The number of carbonyl (C=O) groups excluding carboxylic acids is 1. The third-order valence-corrected chi connectivity index (χ3v) is 3.39. The van der Waals surface area contributed by atoms with Crippen molar-refractivity contribution in [3.8, 4) is 0 Å². The van der Waals surface area contributed by atoms with Crippen molar-refractivity contribution in [1.29, 1.82) is 0 Å². The lowest BCUT2D eigenvalue weighted by molar-refractivity contribution is -0.131. The van der Waals surface area contributed by atoms with Gasteiger partial charge in [-0.05, 0) is 56.7 Å². The van der Waals surface area contributed by atoms with E-state index in [9.17, 15) is 9.18 Å². The van der Waals surface area contributed by atoms with E-state index < -0.39 is 0 Å². The van der Waals surface area contributed by atoms with Gasteiger partial charge in [-0.2, -0.15) is 0 Å². The second-order valence-corrected chi connectivity index (χ2v) is 6.30. The molecule has 0 bridgehead atoms. The lowest BCUT2D eigenvalue weighted by Crippen LogP contribution is -2.44. The minimum Gasteiger partial charge on any atom is -0.328 e. The Morgan fingerprint density at radius 1 is 1.22 bits per heavy atom. The minimum atomic E-state index is -0.346. The van der Waals surface area contributed by atoms with Gasteiger partial charge >= 0.3 is 0 Å². The van der Waals surface area contributed by atoms with Crippen molar-refractivity contribution in [2.75, 3.05) is 0 Å². The summed E-state index contributed by atoms with van der Waals surface area (Å²) < 4.78 is 13.2. The minimum absolute atomic E-state index is 0.132. The molecule has 0 aliphatic rings. The predicted molar refractivity (Wildman–Crippen MR) is 90.0 cm³/mol. The van der Waals surface area contributed by atoms with Gasteiger partial charge in [-0.1, -0.05) is 18.2 Å². The maximum atomic E-state index is 13.2. The van der Waals surface area contributed by atoms with E-state index in [1.807, 2.05) is 39.0 Å². The zero-order valence-electron chi connectivity index (χ0n) is 13.7. The van der Waals surface area contributed by atoms with Crippen molar-refractivity contribution in [2.24, 2.45) is 0 Å². The highest BCUT2D eigenvalue weighted by molar-refractivity contribution is 5.92. The summed E-state index contributed by atoms with van der Waals surface area (Å²) in [6, 6.07) is 11.8. The number of halogens is 1. The smallest absolute Gasteiger partial charge is 0.247 e. The lowest BCUT2D eigenvalue weighted by Gasteiger charge is -2.34. The van der Waals surface area contributed by atoms with Gasteiger partial charge in [-0.15, -0.1) is 0 Å². The van der Waals surface area contributed by atoms with Crippen molar-refractivity contribution in [2.45, 2.75) is 32.9 Å². The Morgan fingerprint density at radius 2 is 2.00 bits per heavy atom. The van der Waals surface area contributed by atoms with Gasteiger partial charge in [-0.25, -0.2) is 4.39 Å². The highest BCUT2D eigenvalue weighted by Crippen LogP contribution is 2.18. The number of nitrogens with zero attached hydrogens (tertiary/aromatic N) is 2. The zero-order chi connectivity index (χ0) is 16.9. The Bertz CT molecular complexity index is 690. The zero-order valence-corrected chi connectivity index (χ0v) is 13.7. The molecule has 0 unspecified atom stereocenters. The number of pyridine rings is 1. The summed E-state index contributed by atoms with van der Waals surface area (Å²) in [5, 5.41) is 0. The second-order valence-electron chi connectivity index (χ2n) is 6.30. The Balaban J connectivity index is 2.17. The van der Waals surface area contributed by atoms with Crippen LogP contribution in [0.15, 0.2) is 54.7 Å². The first-order valence-corrected chi connectivity index (χ1v) is 7.51. The lowest BCUT2D eigenvalue weighted by atomic mass is 10.0. The average Bonchev–Trinajstić information content (AvgIpc) is 2.50. The first kappa shape index (κ1) is 16.9. The number of amides is 1. The second kappa shape index (κ2) is 7.18. The third-order valence-electron chi connectivity index (χ3n) is 3.39. The topological polar surface area (TPSA) is 33.2 Å². The molecular formula is C19H21FN2O. The van der Waals surface area contributed by atoms with Crippen LogP contribution in [0, 0.1) is 5.82 Å². The van der Waals surface area contributed by atoms with E-state index >= 15 is 0 Å². The molecule has 0 fully saturated rings. The number of aromatic nitrogens is 1. The van der Waals surface area contributed by atoms with E-state index in [1.54, 1.807) is 29.3 Å². The molecule has 0 saturated heterocycles. The van der Waals surface area contributed by atoms with Crippen molar-refractivity contribution in [3.05, 3.63) is 71.8 Å². The molecule has 120 valence electrons. The quantitative estimate of drug-likeness (QED) is 0.798. The fraction of sp³-hybridized carbons (Fsp3) is 0.263. The molecule has 0 atom stereocenters. The summed E-state index contributed by atoms with van der Waals surface area (Å²) in [5.74, 6) is -0.451. The summed E-state index contributed by atoms with van der Waals surface area (Å²) in [5.41, 5.74) is 1.14. The van der Waals surface area contributed by atoms with Crippen LogP contribution in [0.3, 0.4) is 0 Å². The molecule has 1 aromatic heterocycles. The Hall–Kier alpha value is -2.49. The van der Waals surface area contributed by atoms with Gasteiger partial charge in [-0.3, -0.25) is 9.78 Å². The molecule has 0 spiro atoms. The SMILES string of the molecule is CC(C)(C)N(Cc1ccccn1)C(=O)C=Cc1cccc(F)c1. The Morgan fingerprint density at radius 3 is 2.61 bits per heavy atom. The molecule has 0 aliphatic heterocycles. The van der Waals surface area contributed by atoms with Crippen LogP contribution in [-0.2, 0) is 11.3 Å². The van der Waals surface area contributed by atoms with Crippen molar-refractivity contribution < 1.29 is 9.18 Å². The molecule has 1 heterocycles. The van der Waals surface area contributed by atoms with Crippen LogP contribution in [0.1, 0.15) is 32.0 Å². The largest absolute Gasteiger partial charge is 0.328 e. The highest BCUT2D eigenvalue weighted by atomic mass is 19.1. The third kappa shape index (κ3) is 5.02. The molecule has 2 rings (SSSR count). The van der Waals surface area contributed by atoms with Crippen LogP contribution >= 0.6 is 0 Å². The van der Waals surface area contributed by atoms with Gasteiger partial charge in [0.25, 0.3) is 0 Å². The van der Waals surface area contributed by atoms with Gasteiger partial charge in [0.15, 0.2) is 0 Å². The van der Waals surface area contributed by atoms with Gasteiger partial charge < -0.3 is 4.90 Å². The molecule has 0 N–H and O–H groups in total. The molecule has 1 amide bonds. The van der Waals surface area contributed by atoms with Crippen LogP contribution in [0.5, 0.6) is 0 Å². The molecular weight excluding hydrogens is 291 g/mol. The number of hydrogen-bond donors (Lipinski definition) is 0. The summed E-state index contributed by atoms with van der Waals surface area (Å²) in [6.45, 7) is 6.36. The van der Waals surface area contributed by atoms with Crippen LogP contribution < -0.4 is 0 Å². The number of carbonyl (C=O) groups is 1. The predicted octanol–water partition coefficient (Wildman–Crippen LogP) is 4.06. The molecule has 0 radical (unpaired) electrons. The van der Waals surface area contributed by atoms with E-state index in [4.69, 9.17) is 0 Å². The fourth-order valence-corrected chi connectivity index (χ4v) is 2.17. The monoisotopic (exact) mass is 312 g/mol. The fourth-order valence-electron chi connectivity index (χ4n) is 2.17. The molecule has 3 nitrogen and oxygen atoms in total. The summed E-state index contributed by atoms with van der Waals surface area (Å²) in [4.78, 5) is 18.6. The van der Waals surface area contributed by atoms with E-state index in [0.717, 1.165) is 5.69 Å². The van der Waals surface area contributed by atoms with Crippen LogP contribution in [0.4, 0.5) is 4.39 Å². The number of rotatable bonds is 4. The van der Waals surface area contributed by atoms with Crippen molar-refractivity contribution in [1.82, 2.24) is 9.88 Å². The normalized spacial score (nSPS) is 11.7. The standard InChI is InChI=1S/C19H21FN2O/c1-19(2,3)22(14-17-9-4-5-12-21-17)18(23)11-10-15-7-6-8-16(20)13-15/h4-13H,14H2,1-3H3. The van der Waals surface area contributed by atoms with E-state index in [-0.39, 0.29) is 17.3 Å². The van der Waals surface area contributed by atoms with Crippen molar-refractivity contribution in [3.63, 3.8) is 0 Å². The van der Waals surface area contributed by atoms with Crippen molar-refractivity contribution >= 4 is 12.0 Å². The van der Waals surface area contributed by atoms with E-state index in [0.29, 0.717) is 12.1 Å². The van der Waals surface area contributed by atoms with Gasteiger partial charge in [0.2, 0.25) is 5.91 Å².